The van der Waals surface area contributed by atoms with Crippen LogP contribution < -0.4 is 0 Å². The Bertz CT molecular complexity index is 790. The molecule has 0 aromatic carbocycles. The molecule has 0 saturated heterocycles. The Kier molecular flexibility index (Phi) is 3.57. The summed E-state index contributed by atoms with van der Waals surface area (Å²) in [6.45, 7) is 5.44. The average Bonchev–Trinajstić information content (AvgIpc) is 2.91. The first kappa shape index (κ1) is 17.5. The molecule has 0 aliphatic heterocycles. The fourth-order valence-corrected chi connectivity index (χ4v) is 6.85. The van der Waals surface area contributed by atoms with Crippen LogP contribution in [0.5, 0.6) is 0 Å². The minimum absolute atomic E-state index is 0.0255. The van der Waals surface area contributed by atoms with Gasteiger partial charge in [-0.05, 0) is 62.9 Å². The summed E-state index contributed by atoms with van der Waals surface area (Å²) in [6, 6.07) is 0. The minimum Gasteiger partial charge on any atom is -0.504 e. The molecule has 0 spiro atoms. The summed E-state index contributed by atoms with van der Waals surface area (Å²) >= 11 is 0. The van der Waals surface area contributed by atoms with E-state index in [1.807, 2.05) is 0 Å². The van der Waals surface area contributed by atoms with Gasteiger partial charge in [-0.15, -0.1) is 0 Å². The first-order valence-electron chi connectivity index (χ1n) is 9.53. The third kappa shape index (κ3) is 1.94. The van der Waals surface area contributed by atoms with Gasteiger partial charge in [0.15, 0.2) is 5.76 Å². The summed E-state index contributed by atoms with van der Waals surface area (Å²) in [4.78, 5) is 38.4. The third-order valence-corrected chi connectivity index (χ3v) is 8.02. The molecule has 5 nitrogen and oxygen atoms in total. The van der Waals surface area contributed by atoms with Gasteiger partial charge in [0.2, 0.25) is 11.5 Å². The molecule has 2 N–H and O–H groups in total. The number of carbonyl (C=O) groups excluding carboxylic acids is 3. The van der Waals surface area contributed by atoms with E-state index in [1.54, 1.807) is 13.8 Å². The summed E-state index contributed by atoms with van der Waals surface area (Å²) < 4.78 is 0. The second-order valence-electron chi connectivity index (χ2n) is 9.11. The Balaban J connectivity index is 1.79. The summed E-state index contributed by atoms with van der Waals surface area (Å²) in [6.07, 6.45) is 4.92. The second kappa shape index (κ2) is 5.30. The van der Waals surface area contributed by atoms with Crippen LogP contribution in [0, 0.1) is 34.5 Å². The number of hydrogen-bond donors (Lipinski definition) is 2. The zero-order valence-corrected chi connectivity index (χ0v) is 15.5. The lowest BCUT2D eigenvalue weighted by atomic mass is 9.46. The van der Waals surface area contributed by atoms with Crippen LogP contribution in [0.3, 0.4) is 0 Å². The Hall–Kier alpha value is -1.91. The molecular formula is C21H26O5. The fraction of sp³-hybridized carbons (Fsp3) is 0.667. The molecule has 26 heavy (non-hydrogen) atoms. The van der Waals surface area contributed by atoms with Crippen molar-refractivity contribution in [1.82, 2.24) is 0 Å². The molecule has 5 heteroatoms. The van der Waals surface area contributed by atoms with Gasteiger partial charge < -0.3 is 10.2 Å². The maximum Gasteiger partial charge on any atom is 0.211 e. The van der Waals surface area contributed by atoms with E-state index in [0.717, 1.165) is 24.8 Å². The topological polar surface area (TPSA) is 91.7 Å². The van der Waals surface area contributed by atoms with Crippen molar-refractivity contribution >= 4 is 17.3 Å². The van der Waals surface area contributed by atoms with Gasteiger partial charge in [-0.25, -0.2) is 0 Å². The quantitative estimate of drug-likeness (QED) is 0.749. The van der Waals surface area contributed by atoms with Crippen molar-refractivity contribution in [2.45, 2.75) is 52.9 Å². The highest BCUT2D eigenvalue weighted by atomic mass is 16.3. The fourth-order valence-electron chi connectivity index (χ4n) is 6.85. The molecule has 3 saturated carbocycles. The monoisotopic (exact) mass is 358 g/mol. The molecule has 0 aromatic heterocycles. The molecule has 0 heterocycles. The van der Waals surface area contributed by atoms with Crippen LogP contribution in [0.15, 0.2) is 23.2 Å². The van der Waals surface area contributed by atoms with Crippen LogP contribution in [0.1, 0.15) is 52.9 Å². The smallest absolute Gasteiger partial charge is 0.211 e. The summed E-state index contributed by atoms with van der Waals surface area (Å²) in [5.74, 6) is -1.66. The highest BCUT2D eigenvalue weighted by Gasteiger charge is 2.65. The van der Waals surface area contributed by atoms with Crippen molar-refractivity contribution in [2.75, 3.05) is 0 Å². The van der Waals surface area contributed by atoms with Gasteiger partial charge in [-0.1, -0.05) is 12.5 Å². The molecule has 140 valence electrons. The molecule has 0 aromatic rings. The Labute approximate surface area is 153 Å². The van der Waals surface area contributed by atoms with Crippen LogP contribution in [-0.4, -0.2) is 27.6 Å². The molecule has 6 atom stereocenters. The highest BCUT2D eigenvalue weighted by Crippen LogP contribution is 2.65. The SMILES string of the molecule is CC(=O)[C@@H]1CC[C@H]2[C@@H]3CCC4=CC(O)=C(O)C(=O)[C@]4(C)[C@H]3C(=O)C[C@]12C. The molecule has 3 fully saturated rings. The number of rotatable bonds is 1. The molecule has 4 aliphatic carbocycles. The Morgan fingerprint density at radius 2 is 1.85 bits per heavy atom. The Morgan fingerprint density at radius 1 is 1.15 bits per heavy atom. The van der Waals surface area contributed by atoms with Gasteiger partial charge in [0.1, 0.15) is 11.6 Å². The lowest BCUT2D eigenvalue weighted by Gasteiger charge is -2.55. The van der Waals surface area contributed by atoms with Crippen molar-refractivity contribution in [3.05, 3.63) is 23.2 Å². The largest absolute Gasteiger partial charge is 0.504 e. The molecule has 4 rings (SSSR count). The lowest BCUT2D eigenvalue weighted by molar-refractivity contribution is -0.153. The van der Waals surface area contributed by atoms with E-state index in [-0.39, 0.29) is 34.7 Å². The number of hydrogen-bond acceptors (Lipinski definition) is 5. The number of aliphatic hydroxyl groups is 2. The van der Waals surface area contributed by atoms with Crippen LogP contribution in [0.4, 0.5) is 0 Å². The van der Waals surface area contributed by atoms with Crippen molar-refractivity contribution in [3.63, 3.8) is 0 Å². The number of aliphatic hydroxyl groups excluding tert-OH is 2. The molecule has 0 radical (unpaired) electrons. The number of fused-ring (bicyclic) bond motifs is 5. The number of ketones is 3. The van der Waals surface area contributed by atoms with Crippen LogP contribution in [0.25, 0.3) is 0 Å². The van der Waals surface area contributed by atoms with Gasteiger partial charge in [0, 0.05) is 18.3 Å². The van der Waals surface area contributed by atoms with E-state index in [9.17, 15) is 24.6 Å². The number of carbonyl (C=O) groups is 3. The van der Waals surface area contributed by atoms with Gasteiger partial charge in [-0.2, -0.15) is 0 Å². The predicted octanol–water partition coefficient (Wildman–Crippen LogP) is 3.45. The van der Waals surface area contributed by atoms with Gasteiger partial charge in [-0.3, -0.25) is 14.4 Å². The van der Waals surface area contributed by atoms with E-state index in [1.165, 1.54) is 6.08 Å². The first-order valence-corrected chi connectivity index (χ1v) is 9.53. The molecule has 0 amide bonds. The maximum absolute atomic E-state index is 13.3. The summed E-state index contributed by atoms with van der Waals surface area (Å²) in [7, 11) is 0. The van der Waals surface area contributed by atoms with Crippen molar-refractivity contribution in [2.24, 2.45) is 34.5 Å². The summed E-state index contributed by atoms with van der Waals surface area (Å²) in [5, 5.41) is 19.9. The van der Waals surface area contributed by atoms with E-state index >= 15 is 0 Å². The zero-order chi connectivity index (χ0) is 19.0. The van der Waals surface area contributed by atoms with E-state index in [2.05, 4.69) is 6.92 Å². The normalized spacial score (nSPS) is 45.0. The van der Waals surface area contributed by atoms with Crippen molar-refractivity contribution < 1.29 is 24.6 Å². The standard InChI is InChI=1S/C21H26O5/c1-10(22)13-6-7-14-12-5-4-11-8-15(23)18(25)19(26)21(11,3)17(12)16(24)9-20(13,14)2/h8,12-14,17,23,25H,4-7,9H2,1-3H3/t12-,13-,14-,17+,20+,21-/m0/s1. The van der Waals surface area contributed by atoms with Gasteiger partial charge >= 0.3 is 0 Å². The molecular weight excluding hydrogens is 332 g/mol. The first-order chi connectivity index (χ1) is 12.1. The Morgan fingerprint density at radius 3 is 2.50 bits per heavy atom. The minimum atomic E-state index is -1.08. The average molecular weight is 358 g/mol. The predicted molar refractivity (Wildman–Crippen MR) is 94.3 cm³/mol. The third-order valence-electron chi connectivity index (χ3n) is 8.02. The van der Waals surface area contributed by atoms with Crippen LogP contribution in [-0.2, 0) is 14.4 Å². The van der Waals surface area contributed by atoms with E-state index < -0.39 is 28.6 Å². The second-order valence-corrected chi connectivity index (χ2v) is 9.11. The molecule has 0 bridgehead atoms. The van der Waals surface area contributed by atoms with E-state index in [4.69, 9.17) is 0 Å². The summed E-state index contributed by atoms with van der Waals surface area (Å²) in [5.41, 5.74) is -0.650. The zero-order valence-electron chi connectivity index (χ0n) is 15.5. The highest BCUT2D eigenvalue weighted by molar-refractivity contribution is 6.05. The molecule has 0 unspecified atom stereocenters. The van der Waals surface area contributed by atoms with Crippen LogP contribution >= 0.6 is 0 Å². The van der Waals surface area contributed by atoms with Gasteiger partial charge in [0.25, 0.3) is 0 Å². The van der Waals surface area contributed by atoms with Crippen molar-refractivity contribution in [1.29, 1.82) is 0 Å². The van der Waals surface area contributed by atoms with Crippen molar-refractivity contribution in [3.8, 4) is 0 Å². The lowest BCUT2D eigenvalue weighted by Crippen LogP contribution is -2.57. The van der Waals surface area contributed by atoms with E-state index in [0.29, 0.717) is 12.8 Å². The number of Topliss-reactive ketones (excluding diaryl/α,β-unsaturated/α-hetero) is 3. The number of allylic oxidation sites excluding steroid dienone is 3. The van der Waals surface area contributed by atoms with Gasteiger partial charge in [0.05, 0.1) is 5.41 Å². The van der Waals surface area contributed by atoms with Crippen LogP contribution in [0.2, 0.25) is 0 Å². The molecule has 4 aliphatic rings. The maximum atomic E-state index is 13.3.